The van der Waals surface area contributed by atoms with Crippen LogP contribution in [0.3, 0.4) is 0 Å². The second kappa shape index (κ2) is 21.4. The standard InChI is InChI=1S/3C3H7O2.Ce/c3*1-3(4)5-2;/h3*3H,1-2H3;/q3*-1;+3. The number of rotatable bonds is 3. The molecule has 0 aliphatic carbocycles. The van der Waals surface area contributed by atoms with Crippen LogP contribution in [0, 0.1) is 41.7 Å². The molecule has 16 heavy (non-hydrogen) atoms. The van der Waals surface area contributed by atoms with E-state index in [1.54, 1.807) is 0 Å². The number of ether oxygens (including phenoxy) is 3. The molecular weight excluding hydrogens is 344 g/mol. The summed E-state index contributed by atoms with van der Waals surface area (Å²) < 4.78 is 12.6. The molecule has 0 aliphatic heterocycles. The molecule has 0 bridgehead atoms. The van der Waals surface area contributed by atoms with Gasteiger partial charge in [-0.25, -0.2) is 0 Å². The zero-order valence-corrected chi connectivity index (χ0v) is 13.8. The Morgan fingerprint density at radius 1 is 0.625 bits per heavy atom. The van der Waals surface area contributed by atoms with E-state index in [0.29, 0.717) is 0 Å². The third-order valence-electron chi connectivity index (χ3n) is 0.996. The summed E-state index contributed by atoms with van der Waals surface area (Å²) in [5, 5.41) is 29.0. The molecule has 0 heterocycles. The van der Waals surface area contributed by atoms with Crippen LogP contribution >= 0.6 is 0 Å². The Kier molecular flexibility index (Phi) is 34.6. The molecule has 0 rings (SSSR count). The van der Waals surface area contributed by atoms with Gasteiger partial charge in [0, 0.05) is 21.3 Å². The first-order valence-electron chi connectivity index (χ1n) is 4.37. The normalized spacial score (nSPS) is 14.1. The van der Waals surface area contributed by atoms with Crippen molar-refractivity contribution in [1.82, 2.24) is 0 Å². The fourth-order valence-electron chi connectivity index (χ4n) is 0. The molecule has 6 nitrogen and oxygen atoms in total. The van der Waals surface area contributed by atoms with Crippen LogP contribution in [-0.2, 0) is 14.2 Å². The fourth-order valence-corrected chi connectivity index (χ4v) is 0. The van der Waals surface area contributed by atoms with Crippen LogP contribution in [0.25, 0.3) is 0 Å². The van der Waals surface area contributed by atoms with Crippen LogP contribution in [0.5, 0.6) is 0 Å². The second-order valence-electron chi connectivity index (χ2n) is 2.41. The van der Waals surface area contributed by atoms with Crippen molar-refractivity contribution in [3.05, 3.63) is 0 Å². The van der Waals surface area contributed by atoms with E-state index >= 15 is 0 Å². The Bertz CT molecular complexity index is 81.0. The molecule has 1 radical (unpaired) electrons. The first-order valence-corrected chi connectivity index (χ1v) is 4.37. The molecule has 0 aromatic rings. The van der Waals surface area contributed by atoms with Gasteiger partial charge in [0.05, 0.1) is 0 Å². The Balaban J connectivity index is -0.0000000655. The molecule has 0 spiro atoms. The Morgan fingerprint density at radius 3 is 0.688 bits per heavy atom. The van der Waals surface area contributed by atoms with Crippen molar-refractivity contribution in [2.75, 3.05) is 21.3 Å². The summed E-state index contributed by atoms with van der Waals surface area (Å²) in [6.07, 6.45) is -2.60. The SMILES string of the molecule is COC(C)[O-].COC(C)[O-].COC(C)[O-].[Ce+3]. The predicted molar refractivity (Wildman–Crippen MR) is 49.4 cm³/mol. The van der Waals surface area contributed by atoms with Crippen molar-refractivity contribution in [1.29, 1.82) is 0 Å². The molecule has 3 atom stereocenters. The van der Waals surface area contributed by atoms with Crippen molar-refractivity contribution >= 4 is 0 Å². The monoisotopic (exact) mass is 365 g/mol. The largest absolute Gasteiger partial charge is 3.00 e. The molecule has 0 amide bonds. The topological polar surface area (TPSA) is 96.9 Å². The fraction of sp³-hybridized carbons (Fsp3) is 1.00. The van der Waals surface area contributed by atoms with E-state index in [0.717, 1.165) is 0 Å². The minimum atomic E-state index is -0.866. The number of methoxy groups -OCH3 is 3. The summed E-state index contributed by atoms with van der Waals surface area (Å²) in [5.74, 6) is 0. The van der Waals surface area contributed by atoms with Gasteiger partial charge in [0.1, 0.15) is 0 Å². The van der Waals surface area contributed by atoms with E-state index in [4.69, 9.17) is 0 Å². The van der Waals surface area contributed by atoms with E-state index in [2.05, 4.69) is 14.2 Å². The van der Waals surface area contributed by atoms with Gasteiger partial charge < -0.3 is 29.5 Å². The third-order valence-corrected chi connectivity index (χ3v) is 0.996. The molecule has 0 N–H and O–H groups in total. The van der Waals surface area contributed by atoms with Crippen LogP contribution in [-0.4, -0.2) is 40.2 Å². The minimum absolute atomic E-state index is 0. The summed E-state index contributed by atoms with van der Waals surface area (Å²) in [4.78, 5) is 0. The van der Waals surface area contributed by atoms with Gasteiger partial charge in [-0.05, 0) is 18.9 Å². The Labute approximate surface area is 131 Å². The van der Waals surface area contributed by atoms with E-state index in [9.17, 15) is 15.3 Å². The summed E-state index contributed by atoms with van der Waals surface area (Å²) in [6, 6.07) is 0. The average Bonchev–Trinajstić information content (AvgIpc) is 2.19. The van der Waals surface area contributed by atoms with Gasteiger partial charge in [0.15, 0.2) is 0 Å². The van der Waals surface area contributed by atoms with Crippen LogP contribution in [0.2, 0.25) is 0 Å². The number of hydrogen-bond acceptors (Lipinski definition) is 6. The second-order valence-corrected chi connectivity index (χ2v) is 2.41. The van der Waals surface area contributed by atoms with Crippen molar-refractivity contribution in [2.45, 2.75) is 39.6 Å². The zero-order valence-electron chi connectivity index (χ0n) is 10.7. The average molecular weight is 365 g/mol. The molecule has 7 heteroatoms. The van der Waals surface area contributed by atoms with Crippen LogP contribution in [0.4, 0.5) is 0 Å². The van der Waals surface area contributed by atoms with Crippen molar-refractivity contribution < 1.29 is 71.3 Å². The van der Waals surface area contributed by atoms with Gasteiger partial charge in [-0.1, -0.05) is 20.8 Å². The molecule has 0 saturated carbocycles. The Morgan fingerprint density at radius 2 is 0.688 bits per heavy atom. The van der Waals surface area contributed by atoms with Gasteiger partial charge in [-0.15, -0.1) is 0 Å². The van der Waals surface area contributed by atoms with Crippen LogP contribution < -0.4 is 15.3 Å². The van der Waals surface area contributed by atoms with Crippen LogP contribution in [0.15, 0.2) is 0 Å². The summed E-state index contributed by atoms with van der Waals surface area (Å²) in [6.45, 7) is 4.33. The molecule has 0 aromatic carbocycles. The minimum Gasteiger partial charge on any atom is -0.831 e. The third kappa shape index (κ3) is 59.4. The molecule has 0 aliphatic rings. The first-order chi connectivity index (χ1) is 6.81. The van der Waals surface area contributed by atoms with E-state index < -0.39 is 18.9 Å². The first kappa shape index (κ1) is 25.9. The van der Waals surface area contributed by atoms with E-state index in [1.165, 1.54) is 42.1 Å². The molecular formula is C9H21CeO6. The predicted octanol–water partition coefficient (Wildman–Crippen LogP) is -1.98. The molecule has 0 fully saturated rings. The van der Waals surface area contributed by atoms with Crippen molar-refractivity contribution in [3.63, 3.8) is 0 Å². The zero-order chi connectivity index (χ0) is 12.9. The van der Waals surface area contributed by atoms with Gasteiger partial charge >= 0.3 is 41.7 Å². The Hall–Kier alpha value is 1.14. The maximum absolute atomic E-state index is 9.67. The van der Waals surface area contributed by atoms with Crippen molar-refractivity contribution in [3.8, 4) is 0 Å². The van der Waals surface area contributed by atoms with Gasteiger partial charge in [0.2, 0.25) is 0 Å². The molecule has 97 valence electrons. The smallest absolute Gasteiger partial charge is 0.831 e. The molecule has 0 aromatic heterocycles. The maximum Gasteiger partial charge on any atom is 3.00 e. The van der Waals surface area contributed by atoms with Gasteiger partial charge in [0.25, 0.3) is 0 Å². The van der Waals surface area contributed by atoms with E-state index in [1.807, 2.05) is 0 Å². The van der Waals surface area contributed by atoms with Gasteiger partial charge in [-0.3, -0.25) is 0 Å². The maximum atomic E-state index is 9.67. The van der Waals surface area contributed by atoms with E-state index in [-0.39, 0.29) is 41.7 Å². The van der Waals surface area contributed by atoms with Gasteiger partial charge in [-0.2, -0.15) is 0 Å². The van der Waals surface area contributed by atoms with Crippen LogP contribution in [0.1, 0.15) is 20.8 Å². The summed E-state index contributed by atoms with van der Waals surface area (Å²) in [5.41, 5.74) is 0. The van der Waals surface area contributed by atoms with Crippen molar-refractivity contribution in [2.24, 2.45) is 0 Å². The molecule has 3 unspecified atom stereocenters. The summed E-state index contributed by atoms with van der Waals surface area (Å²) >= 11 is 0. The quantitative estimate of drug-likeness (QED) is 0.538. The number of hydrogen-bond donors (Lipinski definition) is 0. The molecule has 0 saturated heterocycles. The summed E-state index contributed by atoms with van der Waals surface area (Å²) in [7, 11) is 4.16.